The largest absolute Gasteiger partial charge is 0.348 e. The zero-order valence-electron chi connectivity index (χ0n) is 11.1. The van der Waals surface area contributed by atoms with E-state index in [1.165, 1.54) is 12.1 Å². The van der Waals surface area contributed by atoms with Crippen molar-refractivity contribution in [3.63, 3.8) is 0 Å². The van der Waals surface area contributed by atoms with Crippen molar-refractivity contribution in [2.75, 3.05) is 13.2 Å². The maximum atomic E-state index is 13.3. The number of ether oxygens (including phenoxy) is 2. The summed E-state index contributed by atoms with van der Waals surface area (Å²) >= 11 is 0. The van der Waals surface area contributed by atoms with Crippen LogP contribution >= 0.6 is 0 Å². The zero-order valence-corrected chi connectivity index (χ0v) is 11.1. The van der Waals surface area contributed by atoms with Crippen LogP contribution in [-0.4, -0.2) is 19.0 Å². The molecule has 20 heavy (non-hydrogen) atoms. The third-order valence-corrected chi connectivity index (χ3v) is 4.67. The summed E-state index contributed by atoms with van der Waals surface area (Å²) < 4.78 is 38.1. The average molecular weight is 278 g/mol. The highest BCUT2D eigenvalue weighted by molar-refractivity contribution is 5.68. The van der Waals surface area contributed by atoms with Gasteiger partial charge in [0.15, 0.2) is 5.79 Å². The highest BCUT2D eigenvalue weighted by Gasteiger charge is 2.50. The Morgan fingerprint density at radius 3 is 2.35 bits per heavy atom. The molecule has 1 heterocycles. The SMILES string of the molecule is Fc1cc(F)cc(C2=CC3CC4(CC3C2)OCCO4)c1. The fraction of sp³-hybridized carbons (Fsp3) is 0.500. The number of benzene rings is 1. The van der Waals surface area contributed by atoms with Gasteiger partial charge in [-0.3, -0.25) is 0 Å². The van der Waals surface area contributed by atoms with E-state index in [1.807, 2.05) is 0 Å². The quantitative estimate of drug-likeness (QED) is 0.782. The van der Waals surface area contributed by atoms with Crippen LogP contribution in [0, 0.1) is 23.5 Å². The molecule has 2 atom stereocenters. The van der Waals surface area contributed by atoms with Crippen molar-refractivity contribution in [3.05, 3.63) is 41.5 Å². The maximum absolute atomic E-state index is 13.3. The van der Waals surface area contributed by atoms with Crippen molar-refractivity contribution in [2.45, 2.75) is 25.0 Å². The van der Waals surface area contributed by atoms with Crippen molar-refractivity contribution in [1.29, 1.82) is 0 Å². The fourth-order valence-corrected chi connectivity index (χ4v) is 3.87. The molecule has 2 unspecified atom stereocenters. The van der Waals surface area contributed by atoms with Crippen LogP contribution in [0.4, 0.5) is 8.78 Å². The first-order valence-corrected chi connectivity index (χ1v) is 7.09. The van der Waals surface area contributed by atoms with Gasteiger partial charge >= 0.3 is 0 Å². The molecule has 1 aromatic rings. The molecule has 1 spiro atoms. The van der Waals surface area contributed by atoms with Gasteiger partial charge in [0.2, 0.25) is 0 Å². The number of fused-ring (bicyclic) bond motifs is 1. The fourth-order valence-electron chi connectivity index (χ4n) is 3.87. The molecule has 1 aliphatic heterocycles. The van der Waals surface area contributed by atoms with E-state index in [-0.39, 0.29) is 5.79 Å². The molecule has 0 N–H and O–H groups in total. The number of rotatable bonds is 1. The third kappa shape index (κ3) is 1.98. The van der Waals surface area contributed by atoms with Gasteiger partial charge in [-0.1, -0.05) is 6.08 Å². The van der Waals surface area contributed by atoms with E-state index in [9.17, 15) is 8.78 Å². The normalized spacial score (nSPS) is 30.8. The monoisotopic (exact) mass is 278 g/mol. The van der Waals surface area contributed by atoms with Crippen molar-refractivity contribution in [3.8, 4) is 0 Å². The predicted octanol–water partition coefficient (Wildman–Crippen LogP) is 3.52. The molecule has 2 aliphatic carbocycles. The second-order valence-corrected chi connectivity index (χ2v) is 5.99. The van der Waals surface area contributed by atoms with Gasteiger partial charge in [-0.2, -0.15) is 0 Å². The molecule has 1 saturated heterocycles. The lowest BCUT2D eigenvalue weighted by Crippen LogP contribution is -2.26. The van der Waals surface area contributed by atoms with Gasteiger partial charge in [0, 0.05) is 18.9 Å². The lowest BCUT2D eigenvalue weighted by Gasteiger charge is -2.22. The molecule has 2 fully saturated rings. The summed E-state index contributed by atoms with van der Waals surface area (Å²) in [4.78, 5) is 0. The van der Waals surface area contributed by atoms with Crippen LogP contribution in [0.2, 0.25) is 0 Å². The Morgan fingerprint density at radius 2 is 1.70 bits per heavy atom. The van der Waals surface area contributed by atoms with Crippen LogP contribution < -0.4 is 0 Å². The minimum Gasteiger partial charge on any atom is -0.348 e. The number of halogens is 2. The van der Waals surface area contributed by atoms with E-state index >= 15 is 0 Å². The lowest BCUT2D eigenvalue weighted by molar-refractivity contribution is -0.153. The number of hydrogen-bond acceptors (Lipinski definition) is 2. The second kappa shape index (κ2) is 4.37. The van der Waals surface area contributed by atoms with E-state index in [2.05, 4.69) is 6.08 Å². The maximum Gasteiger partial charge on any atom is 0.169 e. The Labute approximate surface area is 116 Å². The molecular weight excluding hydrogens is 262 g/mol. The molecule has 0 radical (unpaired) electrons. The first-order chi connectivity index (χ1) is 9.63. The minimum atomic E-state index is -0.517. The zero-order chi connectivity index (χ0) is 13.7. The summed E-state index contributed by atoms with van der Waals surface area (Å²) in [5.74, 6) is -0.553. The minimum absolute atomic E-state index is 0.384. The van der Waals surface area contributed by atoms with Crippen LogP contribution in [0.15, 0.2) is 24.3 Å². The van der Waals surface area contributed by atoms with Crippen molar-refractivity contribution in [1.82, 2.24) is 0 Å². The highest BCUT2D eigenvalue weighted by Crippen LogP contribution is 2.52. The Morgan fingerprint density at radius 1 is 1.00 bits per heavy atom. The smallest absolute Gasteiger partial charge is 0.169 e. The molecule has 0 amide bonds. The summed E-state index contributed by atoms with van der Waals surface area (Å²) in [7, 11) is 0. The van der Waals surface area contributed by atoms with E-state index < -0.39 is 11.6 Å². The van der Waals surface area contributed by atoms with Gasteiger partial charge in [-0.15, -0.1) is 0 Å². The van der Waals surface area contributed by atoms with Gasteiger partial charge < -0.3 is 9.47 Å². The molecule has 106 valence electrons. The van der Waals surface area contributed by atoms with E-state index in [4.69, 9.17) is 9.47 Å². The van der Waals surface area contributed by atoms with Crippen LogP contribution in [0.3, 0.4) is 0 Å². The summed E-state index contributed by atoms with van der Waals surface area (Å²) in [5, 5.41) is 0. The Balaban J connectivity index is 1.58. The first kappa shape index (κ1) is 12.5. The number of hydrogen-bond donors (Lipinski definition) is 0. The van der Waals surface area contributed by atoms with Gasteiger partial charge in [0.05, 0.1) is 13.2 Å². The average Bonchev–Trinajstić information content (AvgIpc) is 3.04. The summed E-state index contributed by atoms with van der Waals surface area (Å²) in [6.07, 6.45) is 4.75. The Bertz CT molecular complexity index is 556. The van der Waals surface area contributed by atoms with E-state index in [1.54, 1.807) is 0 Å². The second-order valence-electron chi connectivity index (χ2n) is 5.99. The molecule has 4 heteroatoms. The van der Waals surface area contributed by atoms with Crippen molar-refractivity contribution in [2.24, 2.45) is 11.8 Å². The Kier molecular flexibility index (Phi) is 2.72. The van der Waals surface area contributed by atoms with Gasteiger partial charge in [0.25, 0.3) is 0 Å². The molecule has 2 nitrogen and oxygen atoms in total. The van der Waals surface area contributed by atoms with Crippen LogP contribution in [0.1, 0.15) is 24.8 Å². The summed E-state index contributed by atoms with van der Waals surface area (Å²) in [6, 6.07) is 3.73. The highest BCUT2D eigenvalue weighted by atomic mass is 19.1. The topological polar surface area (TPSA) is 18.5 Å². The lowest BCUT2D eigenvalue weighted by atomic mass is 9.97. The Hall–Kier alpha value is -1.26. The molecule has 4 rings (SSSR count). The van der Waals surface area contributed by atoms with E-state index in [0.717, 1.165) is 30.9 Å². The van der Waals surface area contributed by atoms with Gasteiger partial charge in [-0.05, 0) is 41.5 Å². The molecule has 1 aromatic carbocycles. The first-order valence-electron chi connectivity index (χ1n) is 7.09. The van der Waals surface area contributed by atoms with Crippen molar-refractivity contribution >= 4 is 5.57 Å². The summed E-state index contributed by atoms with van der Waals surface area (Å²) in [6.45, 7) is 1.34. The van der Waals surface area contributed by atoms with Crippen LogP contribution in [0.5, 0.6) is 0 Å². The summed E-state index contributed by atoms with van der Waals surface area (Å²) in [5.41, 5.74) is 1.71. The molecular formula is C16H16F2O2. The molecule has 1 saturated carbocycles. The number of allylic oxidation sites excluding steroid dienone is 2. The predicted molar refractivity (Wildman–Crippen MR) is 69.8 cm³/mol. The molecule has 0 bridgehead atoms. The van der Waals surface area contributed by atoms with E-state index in [0.29, 0.717) is 30.6 Å². The van der Waals surface area contributed by atoms with Gasteiger partial charge in [-0.25, -0.2) is 8.78 Å². The van der Waals surface area contributed by atoms with Crippen LogP contribution in [-0.2, 0) is 9.47 Å². The third-order valence-electron chi connectivity index (χ3n) is 4.67. The standard InChI is InChI=1S/C16H16F2O2/c17-14-5-11(6-15(18)7-14)10-3-12-8-16(9-13(12)4-10)19-1-2-20-16/h3,5-7,12-13H,1-2,4,8-9H2. The van der Waals surface area contributed by atoms with Crippen molar-refractivity contribution < 1.29 is 18.3 Å². The van der Waals surface area contributed by atoms with Crippen LogP contribution in [0.25, 0.3) is 5.57 Å². The molecule has 3 aliphatic rings. The molecule has 0 aromatic heterocycles. The van der Waals surface area contributed by atoms with Gasteiger partial charge in [0.1, 0.15) is 11.6 Å².